The van der Waals surface area contributed by atoms with E-state index in [0.29, 0.717) is 12.0 Å². The molecule has 0 saturated carbocycles. The van der Waals surface area contributed by atoms with Gasteiger partial charge in [0.05, 0.1) is 12.2 Å². The van der Waals surface area contributed by atoms with E-state index in [4.69, 9.17) is 4.74 Å². The maximum absolute atomic E-state index is 6.22. The molecular weight excluding hydrogens is 234 g/mol. The summed E-state index contributed by atoms with van der Waals surface area (Å²) < 4.78 is 6.22. The number of hydrogen-bond donors (Lipinski definition) is 1. The van der Waals surface area contributed by atoms with Crippen LogP contribution in [-0.2, 0) is 4.74 Å². The molecule has 0 bridgehead atoms. The summed E-state index contributed by atoms with van der Waals surface area (Å²) in [4.78, 5) is 0. The van der Waals surface area contributed by atoms with Gasteiger partial charge >= 0.3 is 0 Å². The average Bonchev–Trinajstić information content (AvgIpc) is 2.47. The summed E-state index contributed by atoms with van der Waals surface area (Å²) in [6.45, 7) is 6.30. The van der Waals surface area contributed by atoms with Crippen molar-refractivity contribution in [3.63, 3.8) is 0 Å². The molecular formula is C17H21NO. The second-order valence-electron chi connectivity index (χ2n) is 5.67. The molecule has 2 nitrogen and oxygen atoms in total. The molecule has 1 fully saturated rings. The van der Waals surface area contributed by atoms with Crippen molar-refractivity contribution in [1.82, 2.24) is 5.32 Å². The fourth-order valence-electron chi connectivity index (χ4n) is 2.66. The summed E-state index contributed by atoms with van der Waals surface area (Å²) in [6.07, 6.45) is 0.482. The number of fused-ring (bicyclic) bond motifs is 1. The summed E-state index contributed by atoms with van der Waals surface area (Å²) in [5.74, 6) is 0.552. The molecule has 1 aliphatic heterocycles. The van der Waals surface area contributed by atoms with Gasteiger partial charge in [-0.25, -0.2) is 0 Å². The van der Waals surface area contributed by atoms with Crippen LogP contribution in [0.2, 0.25) is 0 Å². The molecule has 3 rings (SSSR count). The lowest BCUT2D eigenvalue weighted by molar-refractivity contribution is -0.0602. The van der Waals surface area contributed by atoms with Crippen LogP contribution < -0.4 is 5.32 Å². The molecule has 2 heteroatoms. The van der Waals surface area contributed by atoms with Crippen molar-refractivity contribution in [2.24, 2.45) is 5.92 Å². The van der Waals surface area contributed by atoms with Crippen LogP contribution in [-0.4, -0.2) is 19.2 Å². The molecule has 1 N–H and O–H groups in total. The van der Waals surface area contributed by atoms with Crippen LogP contribution in [0, 0.1) is 5.92 Å². The number of ether oxygens (including phenoxy) is 1. The minimum atomic E-state index is 0.172. The molecule has 100 valence electrons. The molecule has 0 aromatic heterocycles. The zero-order chi connectivity index (χ0) is 13.2. The van der Waals surface area contributed by atoms with Crippen LogP contribution in [0.4, 0.5) is 0 Å². The van der Waals surface area contributed by atoms with Crippen LogP contribution in [0.5, 0.6) is 0 Å². The smallest absolute Gasteiger partial charge is 0.0954 e. The van der Waals surface area contributed by atoms with Crippen molar-refractivity contribution in [2.75, 3.05) is 13.1 Å². The number of rotatable bonds is 2. The highest BCUT2D eigenvalue weighted by atomic mass is 16.5. The number of hydrogen-bond acceptors (Lipinski definition) is 2. The van der Waals surface area contributed by atoms with Gasteiger partial charge in [-0.2, -0.15) is 0 Å². The van der Waals surface area contributed by atoms with Crippen LogP contribution in [0.1, 0.15) is 25.5 Å². The quantitative estimate of drug-likeness (QED) is 0.886. The molecule has 2 aromatic rings. The van der Waals surface area contributed by atoms with E-state index in [9.17, 15) is 0 Å². The molecule has 0 spiro atoms. The Labute approximate surface area is 114 Å². The Kier molecular flexibility index (Phi) is 3.54. The minimum absolute atomic E-state index is 0.172. The topological polar surface area (TPSA) is 21.3 Å². The summed E-state index contributed by atoms with van der Waals surface area (Å²) in [5, 5.41) is 6.06. The standard InChI is InChI=1S/C17H21NO/c1-12(2)16-10-18-11-17(19-16)15-8-7-13-5-3-4-6-14(13)9-15/h3-9,12,16-18H,10-11H2,1-2H3. The first-order chi connectivity index (χ1) is 9.24. The molecule has 1 saturated heterocycles. The molecule has 0 amide bonds. The van der Waals surface area contributed by atoms with Crippen molar-refractivity contribution >= 4 is 10.8 Å². The van der Waals surface area contributed by atoms with Gasteiger partial charge in [-0.15, -0.1) is 0 Å². The molecule has 1 heterocycles. The van der Waals surface area contributed by atoms with Crippen LogP contribution in [0.15, 0.2) is 42.5 Å². The third-order valence-electron chi connectivity index (χ3n) is 3.90. The lowest BCUT2D eigenvalue weighted by Gasteiger charge is -2.33. The highest BCUT2D eigenvalue weighted by Gasteiger charge is 2.25. The predicted octanol–water partition coefficient (Wildman–Crippen LogP) is 3.53. The molecule has 0 radical (unpaired) electrons. The number of benzene rings is 2. The number of nitrogens with one attached hydrogen (secondary N) is 1. The van der Waals surface area contributed by atoms with E-state index >= 15 is 0 Å². The van der Waals surface area contributed by atoms with Crippen molar-refractivity contribution in [3.05, 3.63) is 48.0 Å². The Morgan fingerprint density at radius 3 is 2.63 bits per heavy atom. The summed E-state index contributed by atoms with van der Waals surface area (Å²) in [5.41, 5.74) is 1.27. The molecule has 19 heavy (non-hydrogen) atoms. The van der Waals surface area contributed by atoms with E-state index in [0.717, 1.165) is 13.1 Å². The maximum Gasteiger partial charge on any atom is 0.0954 e. The summed E-state index contributed by atoms with van der Waals surface area (Å²) >= 11 is 0. The summed E-state index contributed by atoms with van der Waals surface area (Å²) in [7, 11) is 0. The monoisotopic (exact) mass is 255 g/mol. The Morgan fingerprint density at radius 2 is 1.84 bits per heavy atom. The Hall–Kier alpha value is -1.38. The van der Waals surface area contributed by atoms with Gasteiger partial charge in [0.15, 0.2) is 0 Å². The van der Waals surface area contributed by atoms with E-state index < -0.39 is 0 Å². The first-order valence-electron chi connectivity index (χ1n) is 7.09. The van der Waals surface area contributed by atoms with Crippen molar-refractivity contribution in [1.29, 1.82) is 0 Å². The molecule has 1 aliphatic rings. The maximum atomic E-state index is 6.22. The normalized spacial score (nSPS) is 23.9. The van der Waals surface area contributed by atoms with E-state index in [1.54, 1.807) is 0 Å². The molecule has 2 atom stereocenters. The average molecular weight is 255 g/mol. The third kappa shape index (κ3) is 2.65. The lowest BCUT2D eigenvalue weighted by atomic mass is 10.0. The predicted molar refractivity (Wildman–Crippen MR) is 79.3 cm³/mol. The highest BCUT2D eigenvalue weighted by Crippen LogP contribution is 2.27. The van der Waals surface area contributed by atoms with Crippen molar-refractivity contribution < 1.29 is 4.74 Å². The van der Waals surface area contributed by atoms with E-state index in [2.05, 4.69) is 61.6 Å². The largest absolute Gasteiger partial charge is 0.367 e. The van der Waals surface area contributed by atoms with Gasteiger partial charge in [-0.1, -0.05) is 50.2 Å². The minimum Gasteiger partial charge on any atom is -0.367 e. The van der Waals surface area contributed by atoms with Gasteiger partial charge in [0, 0.05) is 13.1 Å². The molecule has 0 aliphatic carbocycles. The van der Waals surface area contributed by atoms with Gasteiger partial charge in [0.25, 0.3) is 0 Å². The van der Waals surface area contributed by atoms with E-state index in [-0.39, 0.29) is 6.10 Å². The van der Waals surface area contributed by atoms with Crippen LogP contribution >= 0.6 is 0 Å². The Morgan fingerprint density at radius 1 is 1.05 bits per heavy atom. The zero-order valence-electron chi connectivity index (χ0n) is 11.6. The van der Waals surface area contributed by atoms with Crippen LogP contribution in [0.25, 0.3) is 10.8 Å². The lowest BCUT2D eigenvalue weighted by Crippen LogP contribution is -2.43. The van der Waals surface area contributed by atoms with Crippen molar-refractivity contribution in [2.45, 2.75) is 26.1 Å². The van der Waals surface area contributed by atoms with Gasteiger partial charge in [0.1, 0.15) is 0 Å². The number of morpholine rings is 1. The third-order valence-corrected chi connectivity index (χ3v) is 3.90. The van der Waals surface area contributed by atoms with Gasteiger partial charge in [-0.3, -0.25) is 0 Å². The second-order valence-corrected chi connectivity index (χ2v) is 5.67. The van der Waals surface area contributed by atoms with Gasteiger partial charge in [0.2, 0.25) is 0 Å². The Bertz CT molecular complexity index is 564. The van der Waals surface area contributed by atoms with Crippen molar-refractivity contribution in [3.8, 4) is 0 Å². The van der Waals surface area contributed by atoms with Gasteiger partial charge < -0.3 is 10.1 Å². The fourth-order valence-corrected chi connectivity index (χ4v) is 2.66. The zero-order valence-corrected chi connectivity index (χ0v) is 11.6. The Balaban J connectivity index is 1.87. The summed E-state index contributed by atoms with van der Waals surface area (Å²) in [6, 6.07) is 15.1. The van der Waals surface area contributed by atoms with Gasteiger partial charge in [-0.05, 0) is 28.3 Å². The first kappa shape index (κ1) is 12.6. The first-order valence-corrected chi connectivity index (χ1v) is 7.09. The van der Waals surface area contributed by atoms with E-state index in [1.807, 2.05) is 0 Å². The SMILES string of the molecule is CC(C)C1CNCC(c2ccc3ccccc3c2)O1. The van der Waals surface area contributed by atoms with E-state index in [1.165, 1.54) is 16.3 Å². The highest BCUT2D eigenvalue weighted by molar-refractivity contribution is 5.83. The molecule has 2 unspecified atom stereocenters. The second kappa shape index (κ2) is 5.32. The molecule has 2 aromatic carbocycles. The fraction of sp³-hybridized carbons (Fsp3) is 0.412. The van der Waals surface area contributed by atoms with Crippen LogP contribution in [0.3, 0.4) is 0 Å².